The number of carbonyl (C=O) groups excluding carboxylic acids is 1. The van der Waals surface area contributed by atoms with Crippen LogP contribution in [-0.2, 0) is 26.2 Å². The predicted molar refractivity (Wildman–Crippen MR) is 89.1 cm³/mol. The van der Waals surface area contributed by atoms with Crippen LogP contribution in [0, 0.1) is 10.1 Å². The molecule has 0 saturated carbocycles. The molecule has 25 heavy (non-hydrogen) atoms. The molecule has 132 valence electrons. The Morgan fingerprint density at radius 1 is 1.16 bits per heavy atom. The lowest BCUT2D eigenvalue weighted by Crippen LogP contribution is -2.39. The molecule has 2 aromatic carbocycles. The molecule has 0 aliphatic carbocycles. The van der Waals surface area contributed by atoms with Gasteiger partial charge in [0.05, 0.1) is 4.92 Å². The average molecular weight is 364 g/mol. The summed E-state index contributed by atoms with van der Waals surface area (Å²) in [7, 11) is -4.26. The fourth-order valence-corrected chi connectivity index (χ4v) is 3.40. The van der Waals surface area contributed by atoms with Crippen molar-refractivity contribution in [2.45, 2.75) is 24.5 Å². The largest absolute Gasteiger partial charge is 0.460 e. The van der Waals surface area contributed by atoms with E-state index in [9.17, 15) is 23.3 Å². The summed E-state index contributed by atoms with van der Waals surface area (Å²) in [5, 5.41) is 11.0. The highest BCUT2D eigenvalue weighted by molar-refractivity contribution is 7.89. The minimum atomic E-state index is -4.26. The van der Waals surface area contributed by atoms with Crippen LogP contribution >= 0.6 is 0 Å². The van der Waals surface area contributed by atoms with Gasteiger partial charge in [-0.3, -0.25) is 14.9 Å². The maximum absolute atomic E-state index is 12.3. The molecule has 0 radical (unpaired) electrons. The van der Waals surface area contributed by atoms with Crippen LogP contribution in [0.5, 0.6) is 0 Å². The second-order valence-electron chi connectivity index (χ2n) is 5.16. The van der Waals surface area contributed by atoms with Gasteiger partial charge in [0, 0.05) is 6.07 Å². The Labute approximate surface area is 144 Å². The maximum atomic E-state index is 12.3. The normalized spacial score (nSPS) is 12.4. The standard InChI is InChI=1S/C16H16N2O6S/c1-12(16(19)24-11-13-7-3-2-4-8-13)17-25(22,23)15-10-6-5-9-14(15)18(20)21/h2-10,12,17H,11H2,1H3/t12-/m0/s1. The third kappa shape index (κ3) is 4.85. The molecule has 0 spiro atoms. The van der Waals surface area contributed by atoms with Gasteiger partial charge >= 0.3 is 5.97 Å². The lowest BCUT2D eigenvalue weighted by molar-refractivity contribution is -0.387. The Hall–Kier alpha value is -2.78. The van der Waals surface area contributed by atoms with Crippen LogP contribution in [0.25, 0.3) is 0 Å². The fraction of sp³-hybridized carbons (Fsp3) is 0.188. The minimum Gasteiger partial charge on any atom is -0.460 e. The Balaban J connectivity index is 2.07. The Kier molecular flexibility index (Phi) is 5.84. The number of para-hydroxylation sites is 1. The molecule has 9 heteroatoms. The van der Waals surface area contributed by atoms with E-state index in [1.807, 2.05) is 6.07 Å². The van der Waals surface area contributed by atoms with Gasteiger partial charge in [-0.25, -0.2) is 8.42 Å². The van der Waals surface area contributed by atoms with Crippen molar-refractivity contribution in [2.75, 3.05) is 0 Å². The maximum Gasteiger partial charge on any atom is 0.324 e. The van der Waals surface area contributed by atoms with Gasteiger partial charge < -0.3 is 4.74 Å². The van der Waals surface area contributed by atoms with Crippen LogP contribution in [0.3, 0.4) is 0 Å². The topological polar surface area (TPSA) is 116 Å². The molecule has 0 aromatic heterocycles. The van der Waals surface area contributed by atoms with E-state index in [0.29, 0.717) is 0 Å². The lowest BCUT2D eigenvalue weighted by atomic mass is 10.2. The first-order valence-corrected chi connectivity index (χ1v) is 8.76. The zero-order valence-corrected chi connectivity index (χ0v) is 14.1. The van der Waals surface area contributed by atoms with Crippen molar-refractivity contribution in [3.05, 3.63) is 70.3 Å². The molecule has 0 heterocycles. The second-order valence-corrected chi connectivity index (χ2v) is 6.84. The summed E-state index contributed by atoms with van der Waals surface area (Å²) in [6.45, 7) is 1.30. The van der Waals surface area contributed by atoms with Crippen molar-refractivity contribution < 1.29 is 22.9 Å². The lowest BCUT2D eigenvalue weighted by Gasteiger charge is -2.14. The number of nitrogens with zero attached hydrogens (tertiary/aromatic N) is 1. The number of hydrogen-bond acceptors (Lipinski definition) is 6. The summed E-state index contributed by atoms with van der Waals surface area (Å²) in [4.78, 5) is 21.6. The highest BCUT2D eigenvalue weighted by atomic mass is 32.2. The molecule has 0 amide bonds. The summed E-state index contributed by atoms with van der Waals surface area (Å²) in [6, 6.07) is 12.6. The smallest absolute Gasteiger partial charge is 0.324 e. The zero-order valence-electron chi connectivity index (χ0n) is 13.3. The van der Waals surface area contributed by atoms with Crippen LogP contribution in [0.4, 0.5) is 5.69 Å². The van der Waals surface area contributed by atoms with E-state index in [1.165, 1.54) is 19.1 Å². The first kappa shape index (κ1) is 18.6. The number of hydrogen-bond donors (Lipinski definition) is 1. The molecule has 2 aromatic rings. The quantitative estimate of drug-likeness (QED) is 0.456. The number of ether oxygens (including phenoxy) is 1. The van der Waals surface area contributed by atoms with E-state index in [1.54, 1.807) is 24.3 Å². The van der Waals surface area contributed by atoms with E-state index >= 15 is 0 Å². The van der Waals surface area contributed by atoms with Crippen molar-refractivity contribution in [1.82, 2.24) is 4.72 Å². The van der Waals surface area contributed by atoms with Crippen molar-refractivity contribution in [2.24, 2.45) is 0 Å². The van der Waals surface area contributed by atoms with E-state index in [4.69, 9.17) is 4.74 Å². The molecule has 0 unspecified atom stereocenters. The molecular weight excluding hydrogens is 348 g/mol. The monoisotopic (exact) mass is 364 g/mol. The van der Waals surface area contributed by atoms with E-state index in [-0.39, 0.29) is 6.61 Å². The molecule has 0 bridgehead atoms. The molecule has 2 rings (SSSR count). The number of carbonyl (C=O) groups is 1. The SMILES string of the molecule is C[C@H](NS(=O)(=O)c1ccccc1[N+](=O)[O-])C(=O)OCc1ccccc1. The Bertz CT molecular complexity index is 867. The van der Waals surface area contributed by atoms with Crippen LogP contribution in [0.2, 0.25) is 0 Å². The molecule has 0 aliphatic rings. The summed E-state index contributed by atoms with van der Waals surface area (Å²) < 4.78 is 31.8. The average Bonchev–Trinajstić information content (AvgIpc) is 2.60. The molecule has 0 aliphatic heterocycles. The van der Waals surface area contributed by atoms with Gasteiger partial charge in [-0.15, -0.1) is 0 Å². The molecule has 0 saturated heterocycles. The number of nitrogens with one attached hydrogen (secondary N) is 1. The van der Waals surface area contributed by atoms with Crippen molar-refractivity contribution in [3.8, 4) is 0 Å². The summed E-state index contributed by atoms with van der Waals surface area (Å²) in [5.74, 6) is -0.786. The second kappa shape index (κ2) is 7.86. The van der Waals surface area contributed by atoms with Crippen molar-refractivity contribution in [1.29, 1.82) is 0 Å². The summed E-state index contributed by atoms with van der Waals surface area (Å²) in [5.41, 5.74) is 0.185. The van der Waals surface area contributed by atoms with Gasteiger partial charge in [0.2, 0.25) is 10.0 Å². The van der Waals surface area contributed by atoms with Crippen LogP contribution in [-0.4, -0.2) is 25.4 Å². The van der Waals surface area contributed by atoms with Gasteiger partial charge in [0.15, 0.2) is 4.90 Å². The minimum absolute atomic E-state index is 0.00275. The van der Waals surface area contributed by atoms with Crippen molar-refractivity contribution in [3.63, 3.8) is 0 Å². The van der Waals surface area contributed by atoms with Gasteiger partial charge in [0.25, 0.3) is 5.69 Å². The predicted octanol–water partition coefficient (Wildman–Crippen LogP) is 2.00. The Morgan fingerprint density at radius 3 is 2.40 bits per heavy atom. The number of esters is 1. The molecule has 1 atom stereocenters. The van der Waals surface area contributed by atoms with Crippen LogP contribution in [0.1, 0.15) is 12.5 Å². The fourth-order valence-electron chi connectivity index (χ4n) is 2.03. The highest BCUT2D eigenvalue weighted by Gasteiger charge is 2.29. The van der Waals surface area contributed by atoms with Gasteiger partial charge in [-0.05, 0) is 18.6 Å². The summed E-state index contributed by atoms with van der Waals surface area (Å²) >= 11 is 0. The van der Waals surface area contributed by atoms with E-state index in [2.05, 4.69) is 4.72 Å². The number of benzene rings is 2. The van der Waals surface area contributed by atoms with Crippen LogP contribution < -0.4 is 4.72 Å². The first-order valence-electron chi connectivity index (χ1n) is 7.27. The number of sulfonamides is 1. The van der Waals surface area contributed by atoms with E-state index < -0.39 is 37.5 Å². The van der Waals surface area contributed by atoms with Crippen molar-refractivity contribution >= 4 is 21.7 Å². The Morgan fingerprint density at radius 2 is 1.76 bits per heavy atom. The first-order chi connectivity index (χ1) is 11.8. The van der Waals surface area contributed by atoms with E-state index in [0.717, 1.165) is 17.7 Å². The zero-order chi connectivity index (χ0) is 18.4. The molecule has 0 fully saturated rings. The number of nitro groups is 1. The van der Waals surface area contributed by atoms with Crippen LogP contribution in [0.15, 0.2) is 59.5 Å². The third-order valence-electron chi connectivity index (χ3n) is 3.26. The van der Waals surface area contributed by atoms with Gasteiger partial charge in [-0.1, -0.05) is 42.5 Å². The molecular formula is C16H16N2O6S. The molecule has 8 nitrogen and oxygen atoms in total. The highest BCUT2D eigenvalue weighted by Crippen LogP contribution is 2.22. The van der Waals surface area contributed by atoms with Gasteiger partial charge in [0.1, 0.15) is 12.6 Å². The molecule has 1 N–H and O–H groups in total. The third-order valence-corrected chi connectivity index (χ3v) is 4.85. The van der Waals surface area contributed by atoms with Gasteiger partial charge in [-0.2, -0.15) is 4.72 Å². The number of rotatable bonds is 7. The number of nitro benzene ring substituents is 1. The summed E-state index contributed by atoms with van der Waals surface area (Å²) in [6.07, 6.45) is 0.